The van der Waals surface area contributed by atoms with E-state index in [9.17, 15) is 4.79 Å². The molecule has 78 valence electrons. The quantitative estimate of drug-likeness (QED) is 0.861. The predicted octanol–water partition coefficient (Wildman–Crippen LogP) is 2.73. The molecule has 0 atom stereocenters. The van der Waals surface area contributed by atoms with Crippen molar-refractivity contribution in [2.45, 2.75) is 12.7 Å². The molecule has 15 heavy (non-hydrogen) atoms. The first-order chi connectivity index (χ1) is 7.33. The summed E-state index contributed by atoms with van der Waals surface area (Å²) in [5.74, 6) is 1.82. The lowest BCUT2D eigenvalue weighted by Gasteiger charge is -1.97. The maximum absolute atomic E-state index is 11.7. The molecule has 0 spiro atoms. The van der Waals surface area contributed by atoms with Gasteiger partial charge in [0.25, 0.3) is 5.56 Å². The number of H-pyrrole nitrogens is 1. The van der Waals surface area contributed by atoms with Crippen LogP contribution in [0.1, 0.15) is 12.5 Å². The van der Waals surface area contributed by atoms with Crippen LogP contribution >= 0.6 is 11.8 Å². The van der Waals surface area contributed by atoms with Crippen LogP contribution in [0.3, 0.4) is 0 Å². The molecular weight excluding hydrogens is 206 g/mol. The maximum Gasteiger partial charge on any atom is 0.253 e. The van der Waals surface area contributed by atoms with Crippen LogP contribution in [0.2, 0.25) is 0 Å². The first-order valence-corrected chi connectivity index (χ1v) is 6.16. The van der Waals surface area contributed by atoms with Crippen molar-refractivity contribution in [1.29, 1.82) is 0 Å². The van der Waals surface area contributed by atoms with Gasteiger partial charge in [-0.15, -0.1) is 0 Å². The highest BCUT2D eigenvalue weighted by atomic mass is 32.2. The van der Waals surface area contributed by atoms with E-state index >= 15 is 0 Å². The van der Waals surface area contributed by atoms with Gasteiger partial charge in [-0.05, 0) is 11.8 Å². The summed E-state index contributed by atoms with van der Waals surface area (Å²) in [5, 5.41) is 0. The monoisotopic (exact) mass is 219 g/mol. The molecule has 0 amide bonds. The Morgan fingerprint density at radius 2 is 2.07 bits per heavy atom. The van der Waals surface area contributed by atoms with E-state index in [-0.39, 0.29) is 5.56 Å². The first kappa shape index (κ1) is 10.3. The SMILES string of the molecule is CCSCc1c2cccccc-2[nH]c1=O. The molecule has 0 aromatic rings. The average Bonchev–Trinajstić information content (AvgIpc) is 2.41. The topological polar surface area (TPSA) is 32.9 Å². The number of thioether (sulfide) groups is 1. The van der Waals surface area contributed by atoms with Crippen LogP contribution in [0.15, 0.2) is 35.1 Å². The lowest BCUT2D eigenvalue weighted by molar-refractivity contribution is 1.27. The van der Waals surface area contributed by atoms with E-state index in [0.717, 1.165) is 28.3 Å². The summed E-state index contributed by atoms with van der Waals surface area (Å²) >= 11 is 1.77. The van der Waals surface area contributed by atoms with Crippen LogP contribution in [0.4, 0.5) is 0 Å². The van der Waals surface area contributed by atoms with E-state index in [1.165, 1.54) is 0 Å². The molecular formula is C12H13NOS. The largest absolute Gasteiger partial charge is 0.322 e. The highest BCUT2D eigenvalue weighted by Gasteiger charge is 2.12. The smallest absolute Gasteiger partial charge is 0.253 e. The fourth-order valence-corrected chi connectivity index (χ4v) is 2.28. The summed E-state index contributed by atoms with van der Waals surface area (Å²) < 4.78 is 0. The molecule has 1 aliphatic carbocycles. The van der Waals surface area contributed by atoms with Crippen LogP contribution in [0.5, 0.6) is 0 Å². The van der Waals surface area contributed by atoms with Gasteiger partial charge in [0.05, 0.1) is 0 Å². The third-order valence-corrected chi connectivity index (χ3v) is 3.24. The standard InChI is InChI=1S/C12H13NOS/c1-2-15-8-10-9-6-4-3-5-7-11(9)13-12(10)14/h3-7H,2,8H2,1H3,(H,13,14). The Bertz CT molecular complexity index is 478. The molecule has 3 heteroatoms. The second-order valence-electron chi connectivity index (χ2n) is 3.31. The van der Waals surface area contributed by atoms with Crippen molar-refractivity contribution in [2.24, 2.45) is 0 Å². The van der Waals surface area contributed by atoms with Gasteiger partial charge in [0, 0.05) is 22.6 Å². The minimum atomic E-state index is 0.0529. The van der Waals surface area contributed by atoms with Gasteiger partial charge in [-0.2, -0.15) is 11.8 Å². The Morgan fingerprint density at radius 1 is 1.27 bits per heavy atom. The molecule has 2 aliphatic rings. The van der Waals surface area contributed by atoms with Gasteiger partial charge in [-0.3, -0.25) is 4.79 Å². The maximum atomic E-state index is 11.7. The van der Waals surface area contributed by atoms with Crippen molar-refractivity contribution in [3.05, 3.63) is 46.2 Å². The molecule has 0 aromatic heterocycles. The summed E-state index contributed by atoms with van der Waals surface area (Å²) in [5.41, 5.74) is 2.92. The van der Waals surface area contributed by atoms with Gasteiger partial charge in [0.2, 0.25) is 0 Å². The van der Waals surface area contributed by atoms with Crippen LogP contribution in [0.25, 0.3) is 11.3 Å². The normalized spacial score (nSPS) is 10.7. The Kier molecular flexibility index (Phi) is 3.11. The van der Waals surface area contributed by atoms with E-state index in [2.05, 4.69) is 11.9 Å². The van der Waals surface area contributed by atoms with Gasteiger partial charge >= 0.3 is 0 Å². The molecule has 2 rings (SSSR count). The van der Waals surface area contributed by atoms with Crippen LogP contribution in [-0.2, 0) is 5.75 Å². The highest BCUT2D eigenvalue weighted by molar-refractivity contribution is 7.98. The fraction of sp³-hybridized carbons (Fsp3) is 0.250. The third kappa shape index (κ3) is 2.07. The van der Waals surface area contributed by atoms with E-state index in [0.29, 0.717) is 0 Å². The molecule has 0 unspecified atom stereocenters. The predicted molar refractivity (Wildman–Crippen MR) is 65.5 cm³/mol. The van der Waals surface area contributed by atoms with Crippen molar-refractivity contribution < 1.29 is 0 Å². The first-order valence-electron chi connectivity index (χ1n) is 5.00. The zero-order chi connectivity index (χ0) is 10.7. The van der Waals surface area contributed by atoms with E-state index in [1.54, 1.807) is 11.8 Å². The van der Waals surface area contributed by atoms with E-state index in [4.69, 9.17) is 0 Å². The molecule has 0 bridgehead atoms. The summed E-state index contributed by atoms with van der Waals surface area (Å²) in [7, 11) is 0. The number of hydrogen-bond donors (Lipinski definition) is 1. The van der Waals surface area contributed by atoms with Crippen molar-refractivity contribution in [3.63, 3.8) is 0 Å². The molecule has 0 saturated carbocycles. The summed E-state index contributed by atoms with van der Waals surface area (Å²) in [4.78, 5) is 14.6. The number of aromatic amines is 1. The second kappa shape index (κ2) is 4.53. The second-order valence-corrected chi connectivity index (χ2v) is 4.58. The lowest BCUT2D eigenvalue weighted by Crippen LogP contribution is -2.03. The van der Waals surface area contributed by atoms with Gasteiger partial charge < -0.3 is 4.98 Å². The molecule has 0 aromatic carbocycles. The van der Waals surface area contributed by atoms with Gasteiger partial charge in [-0.25, -0.2) is 0 Å². The Labute approximate surface area is 93.1 Å². The molecule has 0 radical (unpaired) electrons. The van der Waals surface area contributed by atoms with Crippen molar-refractivity contribution in [2.75, 3.05) is 5.75 Å². The number of nitrogens with one attached hydrogen (secondary N) is 1. The zero-order valence-corrected chi connectivity index (χ0v) is 9.43. The number of fused-ring (bicyclic) bond motifs is 1. The van der Waals surface area contributed by atoms with Gasteiger partial charge in [0.15, 0.2) is 0 Å². The molecule has 0 saturated heterocycles. The Hall–Kier alpha value is -1.22. The number of aromatic nitrogens is 1. The highest BCUT2D eigenvalue weighted by Crippen LogP contribution is 2.23. The van der Waals surface area contributed by atoms with Crippen molar-refractivity contribution in [3.8, 4) is 11.3 Å². The van der Waals surface area contributed by atoms with E-state index in [1.807, 2.05) is 30.3 Å². The van der Waals surface area contributed by atoms with Crippen molar-refractivity contribution in [1.82, 2.24) is 4.98 Å². The molecule has 1 aliphatic heterocycles. The number of rotatable bonds is 3. The molecule has 1 N–H and O–H groups in total. The zero-order valence-electron chi connectivity index (χ0n) is 8.62. The average molecular weight is 219 g/mol. The third-order valence-electron chi connectivity index (χ3n) is 2.34. The van der Waals surface area contributed by atoms with Crippen LogP contribution < -0.4 is 5.56 Å². The van der Waals surface area contributed by atoms with Gasteiger partial charge in [0.1, 0.15) is 0 Å². The van der Waals surface area contributed by atoms with Crippen molar-refractivity contribution >= 4 is 11.8 Å². The minimum absolute atomic E-state index is 0.0529. The van der Waals surface area contributed by atoms with Crippen LogP contribution in [0, 0.1) is 0 Å². The Balaban J connectivity index is 2.49. The Morgan fingerprint density at radius 3 is 2.87 bits per heavy atom. The summed E-state index contributed by atoms with van der Waals surface area (Å²) in [6.07, 6.45) is 0. The lowest BCUT2D eigenvalue weighted by atomic mass is 10.1. The molecule has 0 fully saturated rings. The van der Waals surface area contributed by atoms with Gasteiger partial charge in [-0.1, -0.05) is 31.2 Å². The summed E-state index contributed by atoms with van der Waals surface area (Å²) in [6, 6.07) is 9.81. The minimum Gasteiger partial charge on any atom is -0.322 e. The number of hydrogen-bond acceptors (Lipinski definition) is 2. The molecule has 2 nitrogen and oxygen atoms in total. The van der Waals surface area contributed by atoms with Crippen LogP contribution in [-0.4, -0.2) is 10.7 Å². The molecule has 1 heterocycles. The van der Waals surface area contributed by atoms with E-state index < -0.39 is 0 Å². The fourth-order valence-electron chi connectivity index (χ4n) is 1.59. The summed E-state index contributed by atoms with van der Waals surface area (Å²) in [6.45, 7) is 2.10.